The lowest BCUT2D eigenvalue weighted by atomic mass is 10.1. The average Bonchev–Trinajstić information content (AvgIpc) is 1.97. The summed E-state index contributed by atoms with van der Waals surface area (Å²) < 4.78 is 0. The van der Waals surface area contributed by atoms with Crippen molar-refractivity contribution in [1.29, 1.82) is 0 Å². The van der Waals surface area contributed by atoms with Gasteiger partial charge in [0.05, 0.1) is 6.61 Å². The first kappa shape index (κ1) is 10.4. The lowest BCUT2D eigenvalue weighted by Crippen LogP contribution is -1.89. The number of aliphatic hydroxyl groups excluding tert-OH is 1. The number of ketones is 1. The van der Waals surface area contributed by atoms with E-state index in [1.165, 1.54) is 0 Å². The van der Waals surface area contributed by atoms with E-state index < -0.39 is 0 Å². The van der Waals surface area contributed by atoms with Crippen LogP contribution in [0.2, 0.25) is 0 Å². The molecule has 0 saturated heterocycles. The third-order valence-electron chi connectivity index (χ3n) is 1.48. The fourth-order valence-electron chi connectivity index (χ4n) is 0.764. The zero-order valence-electron chi connectivity index (χ0n) is 7.26. The molecule has 0 bridgehead atoms. The minimum atomic E-state index is 0.125. The topological polar surface area (TPSA) is 37.3 Å². The lowest BCUT2D eigenvalue weighted by Gasteiger charge is -1.94. The molecule has 0 amide bonds. The van der Waals surface area contributed by atoms with Gasteiger partial charge in [-0.15, -0.1) is 0 Å². The van der Waals surface area contributed by atoms with Crippen LogP contribution in [0.15, 0.2) is 11.6 Å². The fourth-order valence-corrected chi connectivity index (χ4v) is 0.764. The summed E-state index contributed by atoms with van der Waals surface area (Å²) in [7, 11) is 0. The number of carbonyl (C=O) groups is 1. The van der Waals surface area contributed by atoms with E-state index in [4.69, 9.17) is 5.11 Å². The number of aliphatic hydroxyl groups is 1. The molecule has 0 radical (unpaired) electrons. The predicted octanol–water partition coefficient (Wildman–Crippen LogP) is 1.68. The smallest absolute Gasteiger partial charge is 0.129 e. The molecule has 0 aromatic heterocycles. The van der Waals surface area contributed by atoms with Gasteiger partial charge in [-0.2, -0.15) is 0 Å². The Morgan fingerprint density at radius 1 is 1.45 bits per heavy atom. The van der Waals surface area contributed by atoms with Gasteiger partial charge in [0.15, 0.2) is 0 Å². The number of allylic oxidation sites excluding steroid dienone is 1. The first-order valence-electron chi connectivity index (χ1n) is 3.92. The average molecular weight is 156 g/mol. The van der Waals surface area contributed by atoms with E-state index in [0.717, 1.165) is 18.4 Å². The van der Waals surface area contributed by atoms with Crippen LogP contribution >= 0.6 is 0 Å². The maximum absolute atomic E-state index is 10.5. The van der Waals surface area contributed by atoms with Crippen molar-refractivity contribution < 1.29 is 9.90 Å². The summed E-state index contributed by atoms with van der Waals surface area (Å²) in [4.78, 5) is 10.5. The van der Waals surface area contributed by atoms with Gasteiger partial charge in [0.25, 0.3) is 0 Å². The highest BCUT2D eigenvalue weighted by atomic mass is 16.3. The molecular weight excluding hydrogens is 140 g/mol. The van der Waals surface area contributed by atoms with Crippen molar-refractivity contribution in [2.75, 3.05) is 6.61 Å². The summed E-state index contributed by atoms with van der Waals surface area (Å²) in [5.41, 5.74) is 0.980. The number of carbonyl (C=O) groups excluding carboxylic acids is 1. The standard InChI is InChI=1S/C9H16O2/c1-8(7-10)5-3-4-6-9(2)11/h5,10H,3-4,6-7H2,1-2H3/b8-5-. The molecule has 0 aromatic carbocycles. The lowest BCUT2D eigenvalue weighted by molar-refractivity contribution is -0.117. The number of hydrogen-bond donors (Lipinski definition) is 1. The number of hydrogen-bond acceptors (Lipinski definition) is 2. The predicted molar refractivity (Wildman–Crippen MR) is 45.4 cm³/mol. The van der Waals surface area contributed by atoms with Crippen molar-refractivity contribution in [3.63, 3.8) is 0 Å². The molecule has 0 atom stereocenters. The van der Waals surface area contributed by atoms with Gasteiger partial charge < -0.3 is 9.90 Å². The molecule has 0 unspecified atom stereocenters. The van der Waals surface area contributed by atoms with E-state index in [1.807, 2.05) is 13.0 Å². The Labute approximate surface area is 67.9 Å². The first-order valence-corrected chi connectivity index (χ1v) is 3.92. The number of rotatable bonds is 5. The quantitative estimate of drug-likeness (QED) is 0.485. The van der Waals surface area contributed by atoms with Gasteiger partial charge in [-0.05, 0) is 26.7 Å². The van der Waals surface area contributed by atoms with Crippen LogP contribution < -0.4 is 0 Å². The summed E-state index contributed by atoms with van der Waals surface area (Å²) in [6.45, 7) is 3.61. The maximum Gasteiger partial charge on any atom is 0.129 e. The highest BCUT2D eigenvalue weighted by Crippen LogP contribution is 2.00. The number of unbranched alkanes of at least 4 members (excludes halogenated alkanes) is 1. The third-order valence-corrected chi connectivity index (χ3v) is 1.48. The van der Waals surface area contributed by atoms with Gasteiger partial charge in [0.1, 0.15) is 5.78 Å². The monoisotopic (exact) mass is 156 g/mol. The molecule has 0 rings (SSSR count). The first-order chi connectivity index (χ1) is 5.16. The van der Waals surface area contributed by atoms with E-state index in [2.05, 4.69) is 0 Å². The largest absolute Gasteiger partial charge is 0.392 e. The highest BCUT2D eigenvalue weighted by Gasteiger charge is 1.91. The Morgan fingerprint density at radius 3 is 2.55 bits per heavy atom. The zero-order valence-corrected chi connectivity index (χ0v) is 7.26. The molecule has 0 aromatic rings. The van der Waals surface area contributed by atoms with Crippen LogP contribution in [0.25, 0.3) is 0 Å². The van der Waals surface area contributed by atoms with E-state index in [1.54, 1.807) is 6.92 Å². The van der Waals surface area contributed by atoms with Crippen LogP contribution in [-0.2, 0) is 4.79 Å². The Hall–Kier alpha value is -0.630. The van der Waals surface area contributed by atoms with Gasteiger partial charge in [-0.1, -0.05) is 11.6 Å². The molecule has 1 N–H and O–H groups in total. The minimum Gasteiger partial charge on any atom is -0.392 e. The molecule has 0 aliphatic heterocycles. The van der Waals surface area contributed by atoms with Crippen LogP contribution in [0.3, 0.4) is 0 Å². The second-order valence-electron chi connectivity index (χ2n) is 2.80. The summed E-state index contributed by atoms with van der Waals surface area (Å²) in [5.74, 6) is 0.236. The van der Waals surface area contributed by atoms with E-state index in [-0.39, 0.29) is 12.4 Å². The Balaban J connectivity index is 3.33. The van der Waals surface area contributed by atoms with Crippen LogP contribution in [0.1, 0.15) is 33.1 Å². The summed E-state index contributed by atoms with van der Waals surface area (Å²) in [6, 6.07) is 0. The van der Waals surface area contributed by atoms with Crippen molar-refractivity contribution in [2.45, 2.75) is 33.1 Å². The van der Waals surface area contributed by atoms with Gasteiger partial charge in [0, 0.05) is 6.42 Å². The van der Waals surface area contributed by atoms with Crippen molar-refractivity contribution in [2.24, 2.45) is 0 Å². The van der Waals surface area contributed by atoms with Crippen molar-refractivity contribution in [3.8, 4) is 0 Å². The summed E-state index contributed by atoms with van der Waals surface area (Å²) >= 11 is 0. The summed E-state index contributed by atoms with van der Waals surface area (Å²) in [6.07, 6.45) is 4.41. The Kier molecular flexibility index (Phi) is 5.75. The SMILES string of the molecule is CC(=O)CCC/C=C(/C)CO. The second kappa shape index (κ2) is 6.10. The van der Waals surface area contributed by atoms with Gasteiger partial charge in [0.2, 0.25) is 0 Å². The normalized spacial score (nSPS) is 11.7. The molecule has 11 heavy (non-hydrogen) atoms. The van der Waals surface area contributed by atoms with Crippen LogP contribution in [-0.4, -0.2) is 17.5 Å². The molecule has 0 aliphatic rings. The van der Waals surface area contributed by atoms with Crippen molar-refractivity contribution in [1.82, 2.24) is 0 Å². The molecule has 0 aliphatic carbocycles. The van der Waals surface area contributed by atoms with E-state index >= 15 is 0 Å². The second-order valence-corrected chi connectivity index (χ2v) is 2.80. The summed E-state index contributed by atoms with van der Waals surface area (Å²) in [5, 5.41) is 8.61. The van der Waals surface area contributed by atoms with E-state index in [0.29, 0.717) is 6.42 Å². The van der Waals surface area contributed by atoms with Crippen LogP contribution in [0, 0.1) is 0 Å². The van der Waals surface area contributed by atoms with E-state index in [9.17, 15) is 4.79 Å². The van der Waals surface area contributed by atoms with Crippen molar-refractivity contribution in [3.05, 3.63) is 11.6 Å². The van der Waals surface area contributed by atoms with Gasteiger partial charge in [-0.25, -0.2) is 0 Å². The fraction of sp³-hybridized carbons (Fsp3) is 0.667. The molecule has 0 heterocycles. The molecular formula is C9H16O2. The van der Waals surface area contributed by atoms with Crippen LogP contribution in [0.5, 0.6) is 0 Å². The Bertz CT molecular complexity index is 148. The third kappa shape index (κ3) is 7.26. The molecule has 64 valence electrons. The molecule has 0 saturated carbocycles. The van der Waals surface area contributed by atoms with Crippen molar-refractivity contribution >= 4 is 5.78 Å². The molecule has 0 spiro atoms. The van der Waals surface area contributed by atoms with Gasteiger partial charge in [-0.3, -0.25) is 0 Å². The van der Waals surface area contributed by atoms with Crippen LogP contribution in [0.4, 0.5) is 0 Å². The Morgan fingerprint density at radius 2 is 2.09 bits per heavy atom. The highest BCUT2D eigenvalue weighted by molar-refractivity contribution is 5.75. The molecule has 0 fully saturated rings. The maximum atomic E-state index is 10.5. The number of Topliss-reactive ketones (excluding diaryl/α,β-unsaturated/α-hetero) is 1. The molecule has 2 nitrogen and oxygen atoms in total. The molecule has 2 heteroatoms. The van der Waals surface area contributed by atoms with Gasteiger partial charge >= 0.3 is 0 Å². The minimum absolute atomic E-state index is 0.125. The zero-order chi connectivity index (χ0) is 8.69.